The van der Waals surface area contributed by atoms with Crippen LogP contribution in [0.25, 0.3) is 0 Å². The Hall–Kier alpha value is -2.01. The number of halogens is 4. The van der Waals surface area contributed by atoms with Crippen LogP contribution < -0.4 is 0 Å². The van der Waals surface area contributed by atoms with Crippen molar-refractivity contribution >= 4 is 43.7 Å². The molecule has 162 valence electrons. The summed E-state index contributed by atoms with van der Waals surface area (Å²) < 4.78 is 58.8. The summed E-state index contributed by atoms with van der Waals surface area (Å²) in [6.07, 6.45) is 9.29. The van der Waals surface area contributed by atoms with Crippen molar-refractivity contribution in [1.82, 2.24) is 0 Å². The number of carbonyl (C=O) groups is 3. The van der Waals surface area contributed by atoms with Crippen molar-refractivity contribution in [1.29, 1.82) is 0 Å². The Balaban J connectivity index is 0.000000408. The number of hydrogen-bond acceptors (Lipinski definition) is 6. The van der Waals surface area contributed by atoms with Gasteiger partial charge in [-0.15, -0.1) is 0 Å². The first-order chi connectivity index (χ1) is 13.1. The maximum atomic E-state index is 11.9. The average molecular weight is 501 g/mol. The number of allylic oxidation sites excluding steroid dienone is 8. The van der Waals surface area contributed by atoms with E-state index in [2.05, 4.69) is 20.7 Å². The quantitative estimate of drug-likeness (QED) is 0.426. The van der Waals surface area contributed by atoms with Crippen LogP contribution in [0.2, 0.25) is 0 Å². The van der Waals surface area contributed by atoms with Crippen LogP contribution in [0, 0.1) is 0 Å². The standard InChI is InChI=1S/C8H10O.C7H7BrO.C3H3F3O4S/c1-6-3-4-8(5-6)7(2)9;1-5(9)6-2-3-7(8)4-6;1-10-2(7)3(4,5)11(6,8)9/h3-4H,5H2,1-2H3;2-3H,4H2,1H3;1H3. The molecule has 11 heteroatoms. The van der Waals surface area contributed by atoms with Crippen molar-refractivity contribution in [3.63, 3.8) is 0 Å². The summed E-state index contributed by atoms with van der Waals surface area (Å²) >= 11 is 3.30. The lowest BCUT2D eigenvalue weighted by atomic mass is 10.1. The van der Waals surface area contributed by atoms with Gasteiger partial charge in [0, 0.05) is 6.42 Å². The number of hydrogen-bond donors (Lipinski definition) is 0. The molecule has 0 atom stereocenters. The molecule has 2 aliphatic rings. The smallest absolute Gasteiger partial charge is 0.464 e. The molecule has 0 radical (unpaired) electrons. The molecule has 0 spiro atoms. The summed E-state index contributed by atoms with van der Waals surface area (Å²) in [5.41, 5.74) is 3.11. The van der Waals surface area contributed by atoms with Gasteiger partial charge in [-0.05, 0) is 42.8 Å². The summed E-state index contributed by atoms with van der Waals surface area (Å²) in [4.78, 5) is 31.2. The summed E-state index contributed by atoms with van der Waals surface area (Å²) in [5.74, 6) is -2.08. The molecule has 0 aromatic rings. The molecule has 0 N–H and O–H groups in total. The maximum absolute atomic E-state index is 11.9. The molecule has 0 aromatic carbocycles. The number of ketones is 2. The Morgan fingerprint density at radius 2 is 1.45 bits per heavy atom. The average Bonchev–Trinajstić information content (AvgIpc) is 3.23. The van der Waals surface area contributed by atoms with Gasteiger partial charge in [0.05, 0.1) is 7.11 Å². The fourth-order valence-corrected chi connectivity index (χ4v) is 2.57. The second-order valence-corrected chi connectivity index (χ2v) is 8.33. The van der Waals surface area contributed by atoms with E-state index in [-0.39, 0.29) is 11.6 Å². The van der Waals surface area contributed by atoms with Gasteiger partial charge in [0.15, 0.2) is 11.6 Å². The minimum Gasteiger partial charge on any atom is -0.464 e. The van der Waals surface area contributed by atoms with Crippen LogP contribution in [0.4, 0.5) is 12.7 Å². The lowest BCUT2D eigenvalue weighted by molar-refractivity contribution is -0.157. The minimum absolute atomic E-state index is 0.167. The highest BCUT2D eigenvalue weighted by Gasteiger charge is 2.55. The topological polar surface area (TPSA) is 94.6 Å². The van der Waals surface area contributed by atoms with Crippen molar-refractivity contribution in [2.24, 2.45) is 0 Å². The molecule has 0 bridgehead atoms. The Kier molecular flexibility index (Phi) is 10.5. The SMILES string of the molecule is CC(=O)C1=CC=C(Br)C1.CC(=O)C1=CC=C(C)C1.COC(=O)C(F)(F)S(=O)(=O)F. The van der Waals surface area contributed by atoms with Gasteiger partial charge in [-0.1, -0.05) is 49.7 Å². The summed E-state index contributed by atoms with van der Waals surface area (Å²) in [7, 11) is -5.71. The third-order valence-corrected chi connectivity index (χ3v) is 4.82. The molecule has 0 fully saturated rings. The predicted octanol–water partition coefficient (Wildman–Crippen LogP) is 4.09. The molecule has 0 saturated heterocycles. The molecule has 0 aromatic heterocycles. The second kappa shape index (κ2) is 11.2. The number of rotatable bonds is 4. The molecule has 0 aliphatic heterocycles. The van der Waals surface area contributed by atoms with E-state index in [9.17, 15) is 35.5 Å². The van der Waals surface area contributed by atoms with Gasteiger partial charge in [0.25, 0.3) is 0 Å². The van der Waals surface area contributed by atoms with Gasteiger partial charge < -0.3 is 4.74 Å². The second-order valence-electron chi connectivity index (χ2n) is 5.92. The van der Waals surface area contributed by atoms with Crippen LogP contribution in [-0.4, -0.2) is 38.3 Å². The highest BCUT2D eigenvalue weighted by molar-refractivity contribution is 9.11. The van der Waals surface area contributed by atoms with Crippen molar-refractivity contribution < 1.29 is 40.2 Å². The first-order valence-electron chi connectivity index (χ1n) is 7.97. The maximum Gasteiger partial charge on any atom is 0.470 e. The van der Waals surface area contributed by atoms with E-state index in [0.29, 0.717) is 7.11 Å². The van der Waals surface area contributed by atoms with Gasteiger partial charge >= 0.3 is 21.4 Å². The third-order valence-electron chi connectivity index (χ3n) is 3.50. The zero-order valence-electron chi connectivity index (χ0n) is 16.1. The Bertz CT molecular complexity index is 853. The minimum atomic E-state index is -6.22. The zero-order chi connectivity index (χ0) is 23.0. The van der Waals surface area contributed by atoms with Gasteiger partial charge in [-0.3, -0.25) is 9.59 Å². The van der Waals surface area contributed by atoms with Crippen LogP contribution in [0.1, 0.15) is 33.6 Å². The number of Topliss-reactive ketones (excluding diaryl/α,β-unsaturated/α-hetero) is 2. The monoisotopic (exact) mass is 500 g/mol. The van der Waals surface area contributed by atoms with Crippen LogP contribution in [-0.2, 0) is 29.3 Å². The van der Waals surface area contributed by atoms with Gasteiger partial charge in [0.1, 0.15) is 0 Å². The molecule has 0 saturated carbocycles. The molecule has 2 rings (SSSR count). The molecule has 6 nitrogen and oxygen atoms in total. The van der Waals surface area contributed by atoms with Crippen molar-refractivity contribution in [3.8, 4) is 0 Å². The van der Waals surface area contributed by atoms with E-state index in [1.54, 1.807) is 13.8 Å². The summed E-state index contributed by atoms with van der Waals surface area (Å²) in [6.45, 7) is 5.23. The van der Waals surface area contributed by atoms with E-state index in [0.717, 1.165) is 28.5 Å². The molecule has 0 heterocycles. The van der Waals surface area contributed by atoms with Crippen molar-refractivity contribution in [3.05, 3.63) is 45.5 Å². The van der Waals surface area contributed by atoms with E-state index in [1.165, 1.54) is 5.57 Å². The zero-order valence-corrected chi connectivity index (χ0v) is 18.5. The highest BCUT2D eigenvalue weighted by Crippen LogP contribution is 2.24. The lowest BCUT2D eigenvalue weighted by Crippen LogP contribution is -2.36. The lowest BCUT2D eigenvalue weighted by Gasteiger charge is -2.06. The van der Waals surface area contributed by atoms with Gasteiger partial charge in [-0.2, -0.15) is 17.2 Å². The Morgan fingerprint density at radius 3 is 1.62 bits per heavy atom. The number of ether oxygens (including phenoxy) is 1. The third kappa shape index (κ3) is 8.90. The van der Waals surface area contributed by atoms with E-state index in [1.807, 2.05) is 31.2 Å². The molecular weight excluding hydrogens is 481 g/mol. The van der Waals surface area contributed by atoms with Gasteiger partial charge in [-0.25, -0.2) is 4.79 Å². The van der Waals surface area contributed by atoms with Crippen LogP contribution in [0.3, 0.4) is 0 Å². The predicted molar refractivity (Wildman–Crippen MR) is 105 cm³/mol. The van der Waals surface area contributed by atoms with E-state index < -0.39 is 21.4 Å². The molecular formula is C18H20BrF3O6S. The Morgan fingerprint density at radius 1 is 1.00 bits per heavy atom. The first kappa shape index (κ1) is 27.0. The molecule has 2 aliphatic carbocycles. The molecule has 29 heavy (non-hydrogen) atoms. The van der Waals surface area contributed by atoms with Crippen molar-refractivity contribution in [2.45, 2.75) is 38.9 Å². The van der Waals surface area contributed by atoms with Crippen LogP contribution in [0.15, 0.2) is 45.5 Å². The number of esters is 1. The number of alkyl halides is 2. The Labute approximate surface area is 175 Å². The summed E-state index contributed by atoms with van der Waals surface area (Å²) in [6, 6.07) is 0. The van der Waals surface area contributed by atoms with Crippen LogP contribution >= 0.6 is 15.9 Å². The van der Waals surface area contributed by atoms with E-state index >= 15 is 0 Å². The van der Waals surface area contributed by atoms with Crippen molar-refractivity contribution in [2.75, 3.05) is 7.11 Å². The summed E-state index contributed by atoms with van der Waals surface area (Å²) in [5, 5.41) is -5.11. The number of methoxy groups -OCH3 is 1. The highest BCUT2D eigenvalue weighted by atomic mass is 79.9. The van der Waals surface area contributed by atoms with E-state index in [4.69, 9.17) is 0 Å². The largest absolute Gasteiger partial charge is 0.470 e. The molecule has 0 unspecified atom stereocenters. The van der Waals surface area contributed by atoms with Crippen LogP contribution in [0.5, 0.6) is 0 Å². The normalized spacial score (nSPS) is 15.4. The fraction of sp³-hybridized carbons (Fsp3) is 0.389. The molecule has 0 amide bonds. The number of carbonyl (C=O) groups excluding carboxylic acids is 3. The first-order valence-corrected chi connectivity index (χ1v) is 10.1. The van der Waals surface area contributed by atoms with Gasteiger partial charge in [0.2, 0.25) is 0 Å². The fourth-order valence-electron chi connectivity index (χ4n) is 1.85.